The minimum absolute atomic E-state index is 0.222. The Morgan fingerprint density at radius 1 is 1.27 bits per heavy atom. The number of carbonyl (C=O) groups excluding carboxylic acids is 1. The Hall–Kier alpha value is -2.56. The number of unbranched alkanes of at least 4 members (excludes halogenated alkanes) is 1. The van der Waals surface area contributed by atoms with Crippen LogP contribution in [0.3, 0.4) is 0 Å². The van der Waals surface area contributed by atoms with E-state index in [1.54, 1.807) is 0 Å². The van der Waals surface area contributed by atoms with Gasteiger partial charge in [-0.05, 0) is 66.1 Å². The number of amides is 1. The van der Waals surface area contributed by atoms with Gasteiger partial charge in [0.2, 0.25) is 0 Å². The van der Waals surface area contributed by atoms with Gasteiger partial charge in [0.05, 0.1) is 6.61 Å². The van der Waals surface area contributed by atoms with Crippen LogP contribution < -0.4 is 10.2 Å². The second-order valence-electron chi connectivity index (χ2n) is 8.84. The van der Waals surface area contributed by atoms with Gasteiger partial charge in [0, 0.05) is 29.9 Å². The average Bonchev–Trinajstić information content (AvgIpc) is 2.73. The molecule has 2 aliphatic rings. The first-order valence-corrected chi connectivity index (χ1v) is 11.1. The van der Waals surface area contributed by atoms with E-state index in [-0.39, 0.29) is 11.2 Å². The Labute approximate surface area is 178 Å². The summed E-state index contributed by atoms with van der Waals surface area (Å²) in [5.41, 5.74) is 5.40. The smallest absolute Gasteiger partial charge is 0.411 e. The lowest BCUT2D eigenvalue weighted by Gasteiger charge is -2.47. The molecule has 2 heterocycles. The van der Waals surface area contributed by atoms with E-state index in [1.807, 2.05) is 12.1 Å². The van der Waals surface area contributed by atoms with Crippen LogP contribution in [0, 0.1) is 5.82 Å². The highest BCUT2D eigenvalue weighted by Crippen LogP contribution is 2.50. The molecule has 2 aromatic carbocycles. The molecule has 160 valence electrons. The van der Waals surface area contributed by atoms with Crippen LogP contribution in [-0.2, 0) is 10.2 Å². The Bertz CT molecular complexity index is 927. The Morgan fingerprint density at radius 2 is 2.03 bits per heavy atom. The number of anilines is 2. The molecule has 0 spiro atoms. The fourth-order valence-electron chi connectivity index (χ4n) is 4.79. The lowest BCUT2D eigenvalue weighted by molar-refractivity contribution is 0.160. The molecule has 0 saturated heterocycles. The van der Waals surface area contributed by atoms with Crippen LogP contribution in [0.1, 0.15) is 69.1 Å². The summed E-state index contributed by atoms with van der Waals surface area (Å²) < 4.78 is 18.9. The van der Waals surface area contributed by atoms with E-state index in [1.165, 1.54) is 28.9 Å². The van der Waals surface area contributed by atoms with Crippen LogP contribution in [0.25, 0.3) is 0 Å². The van der Waals surface area contributed by atoms with Crippen molar-refractivity contribution in [3.05, 3.63) is 58.9 Å². The molecule has 0 radical (unpaired) electrons. The molecule has 0 aliphatic carbocycles. The number of hydrogen-bond acceptors (Lipinski definition) is 3. The maximum absolute atomic E-state index is 13.6. The average molecular weight is 411 g/mol. The molecule has 0 saturated carbocycles. The molecule has 2 atom stereocenters. The summed E-state index contributed by atoms with van der Waals surface area (Å²) in [7, 11) is 0. The van der Waals surface area contributed by atoms with Crippen molar-refractivity contribution in [2.45, 2.75) is 57.8 Å². The molecule has 1 N–H and O–H groups in total. The third kappa shape index (κ3) is 3.78. The van der Waals surface area contributed by atoms with Gasteiger partial charge in [-0.25, -0.2) is 9.18 Å². The number of benzene rings is 2. The number of nitrogens with one attached hydrogen (secondary N) is 1. The van der Waals surface area contributed by atoms with Crippen molar-refractivity contribution < 1.29 is 13.9 Å². The highest BCUT2D eigenvalue weighted by atomic mass is 19.1. The standard InChI is InChI=1S/C25H31FN2O2/c1-4-5-14-30-24(29)27-20-15-21-17(2)10-12-28-13-11-25(3,22(16-20)23(21)28)18-6-8-19(26)9-7-18/h6-9,15-17H,4-5,10-14H2,1-3H3,(H,27,29). The number of hydrogen-bond donors (Lipinski definition) is 1. The second kappa shape index (κ2) is 8.29. The zero-order chi connectivity index (χ0) is 21.3. The summed E-state index contributed by atoms with van der Waals surface area (Å²) in [5, 5.41) is 2.94. The highest BCUT2D eigenvalue weighted by molar-refractivity contribution is 5.86. The van der Waals surface area contributed by atoms with Gasteiger partial charge in [0.15, 0.2) is 0 Å². The van der Waals surface area contributed by atoms with Gasteiger partial charge < -0.3 is 9.64 Å². The predicted octanol–water partition coefficient (Wildman–Crippen LogP) is 6.20. The van der Waals surface area contributed by atoms with Gasteiger partial charge in [-0.2, -0.15) is 0 Å². The molecule has 0 bridgehead atoms. The Kier molecular flexibility index (Phi) is 5.72. The van der Waals surface area contributed by atoms with Crippen molar-refractivity contribution in [2.24, 2.45) is 0 Å². The van der Waals surface area contributed by atoms with Crippen molar-refractivity contribution in [3.63, 3.8) is 0 Å². The summed E-state index contributed by atoms with van der Waals surface area (Å²) in [5.74, 6) is 0.198. The molecule has 4 nitrogen and oxygen atoms in total. The van der Waals surface area contributed by atoms with Crippen molar-refractivity contribution in [2.75, 3.05) is 29.9 Å². The highest BCUT2D eigenvalue weighted by Gasteiger charge is 2.40. The summed E-state index contributed by atoms with van der Waals surface area (Å²) in [6, 6.07) is 11.1. The molecule has 0 aromatic heterocycles. The van der Waals surface area contributed by atoms with Gasteiger partial charge in [0.25, 0.3) is 0 Å². The topological polar surface area (TPSA) is 41.6 Å². The van der Waals surface area contributed by atoms with Gasteiger partial charge in [-0.3, -0.25) is 5.32 Å². The van der Waals surface area contributed by atoms with Crippen LogP contribution in [0.15, 0.2) is 36.4 Å². The predicted molar refractivity (Wildman–Crippen MR) is 119 cm³/mol. The lowest BCUT2D eigenvalue weighted by Crippen LogP contribution is -2.43. The molecule has 2 aromatic rings. The van der Waals surface area contributed by atoms with Crippen LogP contribution in [0.2, 0.25) is 0 Å². The molecule has 0 fully saturated rings. The van der Waals surface area contributed by atoms with E-state index in [0.717, 1.165) is 50.0 Å². The van der Waals surface area contributed by atoms with E-state index in [0.29, 0.717) is 12.5 Å². The third-order valence-corrected chi connectivity index (χ3v) is 6.75. The fraction of sp³-hybridized carbons (Fsp3) is 0.480. The first-order valence-electron chi connectivity index (χ1n) is 11.1. The zero-order valence-corrected chi connectivity index (χ0v) is 18.1. The van der Waals surface area contributed by atoms with Gasteiger partial charge in [-0.15, -0.1) is 0 Å². The van der Waals surface area contributed by atoms with Gasteiger partial charge in [-0.1, -0.05) is 39.3 Å². The van der Waals surface area contributed by atoms with Crippen molar-refractivity contribution in [1.29, 1.82) is 0 Å². The monoisotopic (exact) mass is 410 g/mol. The minimum atomic E-state index is -0.407. The third-order valence-electron chi connectivity index (χ3n) is 6.75. The fourth-order valence-corrected chi connectivity index (χ4v) is 4.79. The maximum atomic E-state index is 13.6. The quantitative estimate of drug-likeness (QED) is 0.597. The number of ether oxygens (including phenoxy) is 1. The SMILES string of the molecule is CCCCOC(=O)Nc1cc2c3c(c1)C(C)(c1ccc(F)cc1)CCN3CCC2C. The molecule has 5 heteroatoms. The maximum Gasteiger partial charge on any atom is 0.411 e. The van der Waals surface area contributed by atoms with E-state index < -0.39 is 6.09 Å². The Morgan fingerprint density at radius 3 is 2.77 bits per heavy atom. The number of halogens is 1. The first kappa shape index (κ1) is 20.7. The largest absolute Gasteiger partial charge is 0.449 e. The molecule has 2 aliphatic heterocycles. The van der Waals surface area contributed by atoms with Crippen LogP contribution in [-0.4, -0.2) is 25.8 Å². The molecule has 30 heavy (non-hydrogen) atoms. The molecular formula is C25H31FN2O2. The van der Waals surface area contributed by atoms with E-state index >= 15 is 0 Å². The van der Waals surface area contributed by atoms with E-state index in [2.05, 4.69) is 43.1 Å². The number of carbonyl (C=O) groups is 1. The molecular weight excluding hydrogens is 379 g/mol. The Balaban J connectivity index is 1.75. The lowest BCUT2D eigenvalue weighted by atomic mass is 9.68. The molecule has 2 unspecified atom stereocenters. The normalized spacial score (nSPS) is 22.4. The summed E-state index contributed by atoms with van der Waals surface area (Å²) in [4.78, 5) is 14.8. The first-order chi connectivity index (χ1) is 14.4. The number of nitrogens with zero attached hydrogens (tertiary/aromatic N) is 1. The van der Waals surface area contributed by atoms with Crippen molar-refractivity contribution >= 4 is 17.5 Å². The minimum Gasteiger partial charge on any atom is -0.449 e. The van der Waals surface area contributed by atoms with Gasteiger partial charge >= 0.3 is 6.09 Å². The van der Waals surface area contributed by atoms with Crippen molar-refractivity contribution in [3.8, 4) is 0 Å². The van der Waals surface area contributed by atoms with E-state index in [4.69, 9.17) is 4.74 Å². The van der Waals surface area contributed by atoms with Crippen LogP contribution in [0.4, 0.5) is 20.6 Å². The van der Waals surface area contributed by atoms with Crippen LogP contribution >= 0.6 is 0 Å². The summed E-state index contributed by atoms with van der Waals surface area (Å²) >= 11 is 0. The van der Waals surface area contributed by atoms with Gasteiger partial charge in [0.1, 0.15) is 5.82 Å². The van der Waals surface area contributed by atoms with E-state index in [9.17, 15) is 9.18 Å². The second-order valence-corrected chi connectivity index (χ2v) is 8.84. The summed E-state index contributed by atoms with van der Waals surface area (Å²) in [6.45, 7) is 9.01. The number of rotatable bonds is 5. The molecule has 4 rings (SSSR count). The summed E-state index contributed by atoms with van der Waals surface area (Å²) in [6.07, 6.45) is 3.49. The van der Waals surface area contributed by atoms with Crippen LogP contribution in [0.5, 0.6) is 0 Å². The molecule has 1 amide bonds. The van der Waals surface area contributed by atoms with Crippen molar-refractivity contribution in [1.82, 2.24) is 0 Å². The zero-order valence-electron chi connectivity index (χ0n) is 18.1.